The van der Waals surface area contributed by atoms with Gasteiger partial charge in [-0.15, -0.1) is 11.3 Å². The second-order valence-corrected chi connectivity index (χ2v) is 4.94. The zero-order valence-electron chi connectivity index (χ0n) is 10.6. The number of amides is 1. The van der Waals surface area contributed by atoms with Crippen LogP contribution in [0.15, 0.2) is 29.8 Å². The zero-order chi connectivity index (χ0) is 13.7. The zero-order valence-corrected chi connectivity index (χ0v) is 11.4. The topological polar surface area (TPSA) is 77.2 Å². The highest BCUT2D eigenvalue weighted by molar-refractivity contribution is 7.09. The molecule has 0 saturated heterocycles. The van der Waals surface area contributed by atoms with Crippen molar-refractivity contribution in [3.63, 3.8) is 0 Å². The fraction of sp³-hybridized carbons (Fsp3) is 0.231. The predicted octanol–water partition coefficient (Wildman–Crippen LogP) is 2.82. The molecule has 0 aliphatic carbocycles. The van der Waals surface area contributed by atoms with Crippen LogP contribution >= 0.6 is 11.3 Å². The highest BCUT2D eigenvalue weighted by Crippen LogP contribution is 2.14. The summed E-state index contributed by atoms with van der Waals surface area (Å²) in [4.78, 5) is 16.8. The first-order chi connectivity index (χ1) is 9.15. The number of nitrogens with two attached hydrogens (primary N) is 1. The first-order valence-corrected chi connectivity index (χ1v) is 6.71. The van der Waals surface area contributed by atoms with Crippen LogP contribution < -0.4 is 11.1 Å². The van der Waals surface area contributed by atoms with E-state index < -0.39 is 6.09 Å². The first-order valence-electron chi connectivity index (χ1n) is 5.83. The molecule has 1 heterocycles. The van der Waals surface area contributed by atoms with E-state index in [1.165, 1.54) is 0 Å². The van der Waals surface area contributed by atoms with E-state index in [0.29, 0.717) is 24.4 Å². The summed E-state index contributed by atoms with van der Waals surface area (Å²) >= 11 is 1.57. The molecule has 2 aromatic rings. The fourth-order valence-electron chi connectivity index (χ4n) is 1.57. The molecule has 0 spiro atoms. The van der Waals surface area contributed by atoms with Crippen molar-refractivity contribution in [2.24, 2.45) is 0 Å². The normalized spacial score (nSPS) is 10.2. The third-order valence-corrected chi connectivity index (χ3v) is 3.54. The van der Waals surface area contributed by atoms with Crippen LogP contribution in [0, 0.1) is 6.92 Å². The summed E-state index contributed by atoms with van der Waals surface area (Å²) in [6.45, 7) is 2.27. The van der Waals surface area contributed by atoms with E-state index in [1.54, 1.807) is 41.1 Å². The number of benzene rings is 1. The van der Waals surface area contributed by atoms with Gasteiger partial charge in [-0.1, -0.05) is 6.07 Å². The SMILES string of the molecule is Cc1ncsc1CCOC(=O)Nc1cccc(N)c1. The van der Waals surface area contributed by atoms with Gasteiger partial charge in [0, 0.05) is 22.7 Å². The van der Waals surface area contributed by atoms with Gasteiger partial charge in [-0.05, 0) is 25.1 Å². The van der Waals surface area contributed by atoms with Gasteiger partial charge in [-0.25, -0.2) is 9.78 Å². The van der Waals surface area contributed by atoms with Gasteiger partial charge in [-0.3, -0.25) is 5.32 Å². The molecule has 1 amide bonds. The van der Waals surface area contributed by atoms with Gasteiger partial charge in [0.25, 0.3) is 0 Å². The summed E-state index contributed by atoms with van der Waals surface area (Å²) in [5.41, 5.74) is 9.62. The number of aryl methyl sites for hydroxylation is 1. The number of nitrogens with one attached hydrogen (secondary N) is 1. The Morgan fingerprint density at radius 1 is 1.53 bits per heavy atom. The minimum Gasteiger partial charge on any atom is -0.449 e. The van der Waals surface area contributed by atoms with Gasteiger partial charge in [-0.2, -0.15) is 0 Å². The van der Waals surface area contributed by atoms with Crippen molar-refractivity contribution in [1.29, 1.82) is 0 Å². The maximum Gasteiger partial charge on any atom is 0.411 e. The Labute approximate surface area is 115 Å². The number of anilines is 2. The number of rotatable bonds is 4. The van der Waals surface area contributed by atoms with Gasteiger partial charge in [0.1, 0.15) is 0 Å². The second kappa shape index (κ2) is 6.19. The summed E-state index contributed by atoms with van der Waals surface area (Å²) in [5.74, 6) is 0. The quantitative estimate of drug-likeness (QED) is 0.842. The van der Waals surface area contributed by atoms with Crippen LogP contribution in [-0.4, -0.2) is 17.7 Å². The molecule has 0 unspecified atom stereocenters. The molecule has 1 aromatic heterocycles. The average Bonchev–Trinajstić information content (AvgIpc) is 2.75. The average molecular weight is 277 g/mol. The van der Waals surface area contributed by atoms with E-state index in [4.69, 9.17) is 10.5 Å². The predicted molar refractivity (Wildman–Crippen MR) is 76.4 cm³/mol. The number of hydrogen-bond donors (Lipinski definition) is 2. The van der Waals surface area contributed by atoms with Crippen LogP contribution in [0.5, 0.6) is 0 Å². The minimum absolute atomic E-state index is 0.331. The van der Waals surface area contributed by atoms with E-state index >= 15 is 0 Å². The fourth-order valence-corrected chi connectivity index (χ4v) is 2.34. The molecule has 1 aromatic carbocycles. The molecule has 0 fully saturated rings. The largest absolute Gasteiger partial charge is 0.449 e. The standard InChI is InChI=1S/C13H15N3O2S/c1-9-12(19-8-15-9)5-6-18-13(17)16-11-4-2-3-10(14)7-11/h2-4,7-8H,5-6,14H2,1H3,(H,16,17). The molecule has 19 heavy (non-hydrogen) atoms. The Bertz CT molecular complexity index is 569. The third-order valence-electron chi connectivity index (χ3n) is 2.54. The van der Waals surface area contributed by atoms with Gasteiger partial charge in [0.2, 0.25) is 0 Å². The summed E-state index contributed by atoms with van der Waals surface area (Å²) in [6, 6.07) is 6.95. The van der Waals surface area contributed by atoms with E-state index in [2.05, 4.69) is 10.3 Å². The maximum absolute atomic E-state index is 11.6. The number of thiazole rings is 1. The van der Waals surface area contributed by atoms with Crippen LogP contribution in [-0.2, 0) is 11.2 Å². The molecule has 6 heteroatoms. The van der Waals surface area contributed by atoms with Gasteiger partial charge in [0.05, 0.1) is 17.8 Å². The molecule has 0 radical (unpaired) electrons. The number of nitrogen functional groups attached to an aromatic ring is 1. The Hall–Kier alpha value is -2.08. The smallest absolute Gasteiger partial charge is 0.411 e. The highest BCUT2D eigenvalue weighted by atomic mass is 32.1. The lowest BCUT2D eigenvalue weighted by atomic mass is 10.3. The molecule has 0 bridgehead atoms. The van der Waals surface area contributed by atoms with E-state index in [0.717, 1.165) is 10.6 Å². The maximum atomic E-state index is 11.6. The molecule has 0 aliphatic heterocycles. The molecule has 5 nitrogen and oxygen atoms in total. The molecule has 100 valence electrons. The van der Waals surface area contributed by atoms with Crippen molar-refractivity contribution in [3.8, 4) is 0 Å². The number of carbonyl (C=O) groups excluding carboxylic acids is 1. The Morgan fingerprint density at radius 3 is 3.05 bits per heavy atom. The van der Waals surface area contributed by atoms with Crippen LogP contribution in [0.1, 0.15) is 10.6 Å². The summed E-state index contributed by atoms with van der Waals surface area (Å²) < 4.78 is 5.10. The lowest BCUT2D eigenvalue weighted by Gasteiger charge is -2.07. The Balaban J connectivity index is 1.77. The number of aromatic nitrogens is 1. The number of ether oxygens (including phenoxy) is 1. The minimum atomic E-state index is -0.479. The first kappa shape index (κ1) is 13.4. The number of carbonyl (C=O) groups is 1. The summed E-state index contributed by atoms with van der Waals surface area (Å²) in [6.07, 6.45) is 0.202. The third kappa shape index (κ3) is 3.96. The van der Waals surface area contributed by atoms with Crippen molar-refractivity contribution in [1.82, 2.24) is 4.98 Å². The van der Waals surface area contributed by atoms with Gasteiger partial charge in [0.15, 0.2) is 0 Å². The van der Waals surface area contributed by atoms with Gasteiger partial charge >= 0.3 is 6.09 Å². The molecule has 0 aliphatic rings. The van der Waals surface area contributed by atoms with Gasteiger partial charge < -0.3 is 10.5 Å². The summed E-state index contributed by atoms with van der Waals surface area (Å²) in [5, 5.41) is 2.62. The van der Waals surface area contributed by atoms with Crippen molar-refractivity contribution < 1.29 is 9.53 Å². The molecule has 2 rings (SSSR count). The van der Waals surface area contributed by atoms with Crippen LogP contribution in [0.4, 0.5) is 16.2 Å². The van der Waals surface area contributed by atoms with Crippen LogP contribution in [0.2, 0.25) is 0 Å². The lowest BCUT2D eigenvalue weighted by Crippen LogP contribution is -2.15. The Morgan fingerprint density at radius 2 is 2.37 bits per heavy atom. The Kier molecular flexibility index (Phi) is 4.35. The second-order valence-electron chi connectivity index (χ2n) is 4.00. The van der Waals surface area contributed by atoms with Crippen LogP contribution in [0.25, 0.3) is 0 Å². The van der Waals surface area contributed by atoms with Crippen molar-refractivity contribution in [2.75, 3.05) is 17.7 Å². The number of hydrogen-bond acceptors (Lipinski definition) is 5. The van der Waals surface area contributed by atoms with Crippen molar-refractivity contribution in [3.05, 3.63) is 40.3 Å². The van der Waals surface area contributed by atoms with E-state index in [1.807, 2.05) is 6.92 Å². The lowest BCUT2D eigenvalue weighted by molar-refractivity contribution is 0.163. The van der Waals surface area contributed by atoms with Crippen LogP contribution in [0.3, 0.4) is 0 Å². The van der Waals surface area contributed by atoms with E-state index in [-0.39, 0.29) is 0 Å². The van der Waals surface area contributed by atoms with E-state index in [9.17, 15) is 4.79 Å². The summed E-state index contributed by atoms with van der Waals surface area (Å²) in [7, 11) is 0. The highest BCUT2D eigenvalue weighted by Gasteiger charge is 2.05. The monoisotopic (exact) mass is 277 g/mol. The molecular formula is C13H15N3O2S. The molecule has 3 N–H and O–H groups in total. The number of nitrogens with zero attached hydrogens (tertiary/aromatic N) is 1. The molecular weight excluding hydrogens is 262 g/mol. The van der Waals surface area contributed by atoms with Crippen molar-refractivity contribution in [2.45, 2.75) is 13.3 Å². The molecule has 0 saturated carbocycles. The van der Waals surface area contributed by atoms with Crippen molar-refractivity contribution >= 4 is 28.8 Å². The molecule has 0 atom stereocenters.